The summed E-state index contributed by atoms with van der Waals surface area (Å²) in [4.78, 5) is 0. The zero-order valence-corrected chi connectivity index (χ0v) is 9.72. The summed E-state index contributed by atoms with van der Waals surface area (Å²) in [6.07, 6.45) is 3.45. The number of rotatable bonds is 7. The summed E-state index contributed by atoms with van der Waals surface area (Å²) in [5, 5.41) is 0. The monoisotopic (exact) mass is 189 g/mol. The van der Waals surface area contributed by atoms with Crippen molar-refractivity contribution >= 4 is 8.56 Å². The third-order valence-corrected chi connectivity index (χ3v) is 5.55. The fourth-order valence-corrected chi connectivity index (χ4v) is 3.87. The molecule has 0 N–H and O–H groups in total. The van der Waals surface area contributed by atoms with Gasteiger partial charge in [-0.05, 0) is 6.04 Å². The maximum absolute atomic E-state index is 5.49. The third-order valence-electron chi connectivity index (χ3n) is 2.08. The van der Waals surface area contributed by atoms with Crippen LogP contribution in [0.25, 0.3) is 0 Å². The Bertz CT molecular complexity index is 103. The zero-order valence-electron chi connectivity index (χ0n) is 8.72. The summed E-state index contributed by atoms with van der Waals surface area (Å²) in [6, 6.07) is 3.31. The third kappa shape index (κ3) is 3.69. The van der Waals surface area contributed by atoms with Gasteiger partial charge in [0.15, 0.2) is 0 Å². The van der Waals surface area contributed by atoms with Crippen molar-refractivity contribution in [3.8, 4) is 0 Å². The summed E-state index contributed by atoms with van der Waals surface area (Å²) in [5.41, 5.74) is 0. The van der Waals surface area contributed by atoms with Gasteiger partial charge in [0, 0.05) is 20.3 Å². The zero-order chi connectivity index (χ0) is 9.45. The lowest BCUT2D eigenvalue weighted by atomic mass is 10.4. The molecule has 0 aromatic heterocycles. The van der Waals surface area contributed by atoms with Crippen molar-refractivity contribution in [1.82, 2.24) is 0 Å². The highest BCUT2D eigenvalue weighted by molar-refractivity contribution is 6.71. The molecule has 73 valence electrons. The van der Waals surface area contributed by atoms with Crippen molar-refractivity contribution < 1.29 is 8.85 Å². The highest BCUT2D eigenvalue weighted by Gasteiger charge is 2.33. The first-order chi connectivity index (χ1) is 5.74. The van der Waals surface area contributed by atoms with Gasteiger partial charge in [-0.2, -0.15) is 0 Å². The highest BCUT2D eigenvalue weighted by Crippen LogP contribution is 2.19. The number of hydrogen-bond acceptors (Lipinski definition) is 2. The Morgan fingerprint density at radius 2 is 1.75 bits per heavy atom. The lowest BCUT2D eigenvalue weighted by Gasteiger charge is -2.26. The standard InChI is InChI=1S/C9H21O2Si/c1-5-7-9-12(10-3,11-4)8-6-2/h8H,5-7,9H2,1-4H3. The minimum Gasteiger partial charge on any atom is -0.397 e. The van der Waals surface area contributed by atoms with Crippen molar-refractivity contribution in [2.24, 2.45) is 0 Å². The Kier molecular flexibility index (Phi) is 6.71. The molecule has 0 aliphatic carbocycles. The van der Waals surface area contributed by atoms with E-state index in [9.17, 15) is 0 Å². The van der Waals surface area contributed by atoms with Gasteiger partial charge in [-0.1, -0.05) is 33.1 Å². The molecule has 0 bridgehead atoms. The first-order valence-corrected chi connectivity index (χ1v) is 6.79. The van der Waals surface area contributed by atoms with E-state index in [1.54, 1.807) is 14.2 Å². The van der Waals surface area contributed by atoms with E-state index >= 15 is 0 Å². The molecule has 0 fully saturated rings. The summed E-state index contributed by atoms with van der Waals surface area (Å²) in [7, 11) is 1.63. The maximum Gasteiger partial charge on any atom is 0.340 e. The molecular formula is C9H21O2Si. The molecule has 0 heterocycles. The Hall–Kier alpha value is 0.137. The van der Waals surface area contributed by atoms with Gasteiger partial charge in [0.05, 0.1) is 0 Å². The molecule has 1 radical (unpaired) electrons. The molecule has 0 unspecified atom stereocenters. The Morgan fingerprint density at radius 1 is 1.17 bits per heavy atom. The van der Waals surface area contributed by atoms with Crippen LogP contribution in [0.15, 0.2) is 0 Å². The normalized spacial score (nSPS) is 12.0. The topological polar surface area (TPSA) is 18.5 Å². The molecule has 0 atom stereocenters. The lowest BCUT2D eigenvalue weighted by Crippen LogP contribution is -2.40. The Morgan fingerprint density at radius 3 is 2.08 bits per heavy atom. The SMILES string of the molecule is CC[CH][Si](CCCC)(OC)OC. The van der Waals surface area contributed by atoms with E-state index in [4.69, 9.17) is 8.85 Å². The van der Waals surface area contributed by atoms with Crippen LogP contribution in [0, 0.1) is 6.04 Å². The second-order valence-electron chi connectivity index (χ2n) is 2.94. The van der Waals surface area contributed by atoms with Gasteiger partial charge in [-0.3, -0.25) is 0 Å². The van der Waals surface area contributed by atoms with E-state index in [0.717, 1.165) is 12.5 Å². The van der Waals surface area contributed by atoms with Gasteiger partial charge in [0.2, 0.25) is 0 Å². The summed E-state index contributed by atoms with van der Waals surface area (Å²) in [6.45, 7) is 4.32. The van der Waals surface area contributed by atoms with Crippen LogP contribution in [0.3, 0.4) is 0 Å². The van der Waals surface area contributed by atoms with Crippen molar-refractivity contribution in [2.45, 2.75) is 39.2 Å². The second-order valence-corrected chi connectivity index (χ2v) is 6.28. The molecule has 0 saturated carbocycles. The van der Waals surface area contributed by atoms with Crippen LogP contribution in [-0.4, -0.2) is 22.8 Å². The molecule has 0 rings (SSSR count). The fraction of sp³-hybridized carbons (Fsp3) is 0.889. The van der Waals surface area contributed by atoms with Gasteiger partial charge in [-0.25, -0.2) is 0 Å². The van der Waals surface area contributed by atoms with E-state index in [-0.39, 0.29) is 0 Å². The first kappa shape index (κ1) is 12.1. The molecule has 0 saturated heterocycles. The molecular weight excluding hydrogens is 168 g/mol. The van der Waals surface area contributed by atoms with Gasteiger partial charge in [0.25, 0.3) is 0 Å². The minimum atomic E-state index is -1.89. The van der Waals surface area contributed by atoms with E-state index in [1.165, 1.54) is 12.8 Å². The fourth-order valence-electron chi connectivity index (χ4n) is 1.29. The molecule has 0 aliphatic heterocycles. The van der Waals surface area contributed by atoms with Crippen molar-refractivity contribution in [1.29, 1.82) is 0 Å². The predicted molar refractivity (Wildman–Crippen MR) is 54.1 cm³/mol. The number of unbranched alkanes of at least 4 members (excludes halogenated alkanes) is 1. The molecule has 0 aromatic rings. The van der Waals surface area contributed by atoms with Crippen LogP contribution in [0.2, 0.25) is 6.04 Å². The molecule has 0 amide bonds. The average molecular weight is 189 g/mol. The van der Waals surface area contributed by atoms with Crippen LogP contribution in [0.5, 0.6) is 0 Å². The van der Waals surface area contributed by atoms with Crippen LogP contribution < -0.4 is 0 Å². The molecule has 0 aliphatic rings. The van der Waals surface area contributed by atoms with Crippen molar-refractivity contribution in [3.05, 3.63) is 6.04 Å². The van der Waals surface area contributed by atoms with Gasteiger partial charge in [-0.15, -0.1) is 0 Å². The molecule has 12 heavy (non-hydrogen) atoms. The lowest BCUT2D eigenvalue weighted by molar-refractivity contribution is 0.248. The summed E-state index contributed by atoms with van der Waals surface area (Å²) >= 11 is 0. The van der Waals surface area contributed by atoms with Crippen LogP contribution in [0.4, 0.5) is 0 Å². The predicted octanol–water partition coefficient (Wildman–Crippen LogP) is 2.67. The second kappa shape index (κ2) is 6.63. The van der Waals surface area contributed by atoms with Crippen LogP contribution >= 0.6 is 0 Å². The van der Waals surface area contributed by atoms with Crippen molar-refractivity contribution in [3.63, 3.8) is 0 Å². The van der Waals surface area contributed by atoms with Gasteiger partial charge in [0.1, 0.15) is 0 Å². The average Bonchev–Trinajstić information content (AvgIpc) is 2.13. The Labute approximate surface area is 77.5 Å². The van der Waals surface area contributed by atoms with E-state index in [0.29, 0.717) is 0 Å². The van der Waals surface area contributed by atoms with Crippen LogP contribution in [-0.2, 0) is 8.85 Å². The largest absolute Gasteiger partial charge is 0.397 e. The molecule has 0 aromatic carbocycles. The molecule has 2 nitrogen and oxygen atoms in total. The van der Waals surface area contributed by atoms with E-state index < -0.39 is 8.56 Å². The molecule has 0 spiro atoms. The molecule has 3 heteroatoms. The quantitative estimate of drug-likeness (QED) is 0.573. The van der Waals surface area contributed by atoms with E-state index in [1.807, 2.05) is 0 Å². The Balaban J connectivity index is 3.95. The first-order valence-electron chi connectivity index (χ1n) is 4.69. The minimum absolute atomic E-state index is 1.04. The maximum atomic E-state index is 5.49. The summed E-state index contributed by atoms with van der Waals surface area (Å²) < 4.78 is 11.0. The van der Waals surface area contributed by atoms with Crippen LogP contribution in [0.1, 0.15) is 33.1 Å². The van der Waals surface area contributed by atoms with E-state index in [2.05, 4.69) is 19.9 Å². The number of hydrogen-bond donors (Lipinski definition) is 0. The van der Waals surface area contributed by atoms with Gasteiger partial charge < -0.3 is 8.85 Å². The summed E-state index contributed by atoms with van der Waals surface area (Å²) in [5.74, 6) is 0. The highest BCUT2D eigenvalue weighted by atomic mass is 28.4. The smallest absolute Gasteiger partial charge is 0.340 e. The van der Waals surface area contributed by atoms with Crippen molar-refractivity contribution in [2.75, 3.05) is 14.2 Å². The van der Waals surface area contributed by atoms with Gasteiger partial charge >= 0.3 is 8.56 Å².